The molecule has 2 amide bonds. The highest BCUT2D eigenvalue weighted by atomic mass is 16.3. The predicted octanol–water partition coefficient (Wildman–Crippen LogP) is 3.15. The lowest BCUT2D eigenvalue weighted by Crippen LogP contribution is -2.32. The summed E-state index contributed by atoms with van der Waals surface area (Å²) >= 11 is 0. The molecule has 1 atom stereocenters. The molecule has 2 N–H and O–H groups in total. The van der Waals surface area contributed by atoms with E-state index in [1.54, 1.807) is 19.1 Å². The van der Waals surface area contributed by atoms with Gasteiger partial charge in [-0.25, -0.2) is 0 Å². The Balaban J connectivity index is 1.53. The minimum absolute atomic E-state index is 0.115. The normalized spacial score (nSPS) is 14.8. The zero-order valence-electron chi connectivity index (χ0n) is 15.6. The Labute approximate surface area is 160 Å². The predicted molar refractivity (Wildman–Crippen MR) is 105 cm³/mol. The van der Waals surface area contributed by atoms with Gasteiger partial charge in [-0.05, 0) is 48.6 Å². The highest BCUT2D eigenvalue weighted by molar-refractivity contribution is 5.95. The van der Waals surface area contributed by atoms with Crippen molar-refractivity contribution in [1.29, 1.82) is 0 Å². The number of rotatable bonds is 6. The number of nitrogens with one attached hydrogen (secondary N) is 1. The molecule has 0 unspecified atom stereocenters. The van der Waals surface area contributed by atoms with Crippen molar-refractivity contribution in [3.63, 3.8) is 0 Å². The van der Waals surface area contributed by atoms with Gasteiger partial charge in [-0.15, -0.1) is 0 Å². The second-order valence-corrected chi connectivity index (χ2v) is 6.97. The Kier molecular flexibility index (Phi) is 6.24. The maximum absolute atomic E-state index is 12.3. The first kappa shape index (κ1) is 19.1. The molecule has 27 heavy (non-hydrogen) atoms. The average Bonchev–Trinajstić information content (AvgIpc) is 3.23. The molecule has 0 aromatic heterocycles. The fourth-order valence-electron chi connectivity index (χ4n) is 3.28. The van der Waals surface area contributed by atoms with Crippen LogP contribution in [0.5, 0.6) is 0 Å². The molecule has 0 bridgehead atoms. The summed E-state index contributed by atoms with van der Waals surface area (Å²) < 4.78 is 0. The van der Waals surface area contributed by atoms with Crippen molar-refractivity contribution in [3.05, 3.63) is 59.7 Å². The van der Waals surface area contributed by atoms with Crippen LogP contribution in [-0.4, -0.2) is 41.5 Å². The third kappa shape index (κ3) is 4.95. The van der Waals surface area contributed by atoms with Crippen molar-refractivity contribution in [1.82, 2.24) is 10.2 Å². The molecule has 5 nitrogen and oxygen atoms in total. The van der Waals surface area contributed by atoms with Gasteiger partial charge in [-0.1, -0.05) is 36.4 Å². The van der Waals surface area contributed by atoms with Crippen molar-refractivity contribution < 1.29 is 14.7 Å². The Bertz CT molecular complexity index is 776. The number of hydrogen-bond donors (Lipinski definition) is 2. The number of aliphatic hydroxyl groups is 1. The van der Waals surface area contributed by atoms with E-state index >= 15 is 0 Å². The molecular weight excluding hydrogens is 340 g/mol. The van der Waals surface area contributed by atoms with E-state index in [9.17, 15) is 14.7 Å². The first-order valence-corrected chi connectivity index (χ1v) is 9.49. The largest absolute Gasteiger partial charge is 0.389 e. The van der Waals surface area contributed by atoms with Crippen LogP contribution in [0, 0.1) is 0 Å². The zero-order chi connectivity index (χ0) is 19.2. The van der Waals surface area contributed by atoms with Crippen LogP contribution in [0.3, 0.4) is 0 Å². The molecule has 0 spiro atoms. The van der Waals surface area contributed by atoms with Gasteiger partial charge in [-0.2, -0.15) is 0 Å². The lowest BCUT2D eigenvalue weighted by Gasteiger charge is -2.15. The van der Waals surface area contributed by atoms with Gasteiger partial charge in [0.1, 0.15) is 0 Å². The summed E-state index contributed by atoms with van der Waals surface area (Å²) in [5.74, 6) is -0.0518. The molecule has 0 radical (unpaired) electrons. The quantitative estimate of drug-likeness (QED) is 0.825. The van der Waals surface area contributed by atoms with Crippen LogP contribution in [0.2, 0.25) is 0 Å². The van der Waals surface area contributed by atoms with Crippen molar-refractivity contribution in [3.8, 4) is 11.1 Å². The number of benzene rings is 2. The van der Waals surface area contributed by atoms with Crippen molar-refractivity contribution in [2.24, 2.45) is 0 Å². The van der Waals surface area contributed by atoms with E-state index in [4.69, 9.17) is 0 Å². The van der Waals surface area contributed by atoms with Crippen LogP contribution in [0.4, 0.5) is 0 Å². The van der Waals surface area contributed by atoms with Crippen LogP contribution >= 0.6 is 0 Å². The van der Waals surface area contributed by atoms with Gasteiger partial charge in [0.05, 0.1) is 6.10 Å². The Hall–Kier alpha value is -2.66. The van der Waals surface area contributed by atoms with E-state index in [0.717, 1.165) is 42.6 Å². The maximum Gasteiger partial charge on any atom is 0.251 e. The maximum atomic E-state index is 12.3. The minimum Gasteiger partial charge on any atom is -0.389 e. The molecule has 3 rings (SSSR count). The first-order valence-electron chi connectivity index (χ1n) is 9.49. The van der Waals surface area contributed by atoms with Crippen LogP contribution in [0.15, 0.2) is 48.5 Å². The van der Waals surface area contributed by atoms with Gasteiger partial charge in [0.15, 0.2) is 0 Å². The fourth-order valence-corrected chi connectivity index (χ4v) is 3.28. The summed E-state index contributed by atoms with van der Waals surface area (Å²) in [6, 6.07) is 15.1. The number of aliphatic hydroxyl groups excluding tert-OH is 1. The van der Waals surface area contributed by atoms with Crippen LogP contribution in [0.25, 0.3) is 11.1 Å². The van der Waals surface area contributed by atoms with Gasteiger partial charge in [-0.3, -0.25) is 9.59 Å². The number of nitrogens with zero attached hydrogens (tertiary/aromatic N) is 1. The third-order valence-electron chi connectivity index (χ3n) is 4.96. The molecule has 0 saturated carbocycles. The molecule has 1 aliphatic rings. The smallest absolute Gasteiger partial charge is 0.251 e. The molecule has 1 saturated heterocycles. The van der Waals surface area contributed by atoms with Gasteiger partial charge >= 0.3 is 0 Å². The summed E-state index contributed by atoms with van der Waals surface area (Å²) in [5.41, 5.74) is 3.49. The lowest BCUT2D eigenvalue weighted by atomic mass is 10.0. The molecule has 2 aromatic carbocycles. The molecule has 1 aliphatic heterocycles. The molecule has 2 aromatic rings. The Morgan fingerprint density at radius 2 is 1.56 bits per heavy atom. The van der Waals surface area contributed by atoms with Gasteiger partial charge < -0.3 is 15.3 Å². The molecule has 0 aliphatic carbocycles. The summed E-state index contributed by atoms with van der Waals surface area (Å²) in [6.45, 7) is 3.77. The van der Waals surface area contributed by atoms with Crippen LogP contribution in [0.1, 0.15) is 48.2 Å². The van der Waals surface area contributed by atoms with E-state index in [2.05, 4.69) is 5.32 Å². The van der Waals surface area contributed by atoms with E-state index in [1.807, 2.05) is 41.3 Å². The highest BCUT2D eigenvalue weighted by Gasteiger charge is 2.17. The molecule has 1 fully saturated rings. The minimum atomic E-state index is -0.484. The summed E-state index contributed by atoms with van der Waals surface area (Å²) in [4.78, 5) is 26.1. The number of carbonyl (C=O) groups is 2. The lowest BCUT2D eigenvalue weighted by molar-refractivity contribution is -0.129. The highest BCUT2D eigenvalue weighted by Crippen LogP contribution is 2.22. The Morgan fingerprint density at radius 1 is 1.00 bits per heavy atom. The van der Waals surface area contributed by atoms with Gasteiger partial charge in [0.2, 0.25) is 5.91 Å². The molecule has 5 heteroatoms. The number of carbonyl (C=O) groups excluding carboxylic acids is 2. The number of likely N-dealkylation sites (tertiary alicyclic amines) is 1. The second-order valence-electron chi connectivity index (χ2n) is 6.97. The van der Waals surface area contributed by atoms with E-state index < -0.39 is 6.10 Å². The first-order chi connectivity index (χ1) is 13.0. The van der Waals surface area contributed by atoms with Crippen molar-refractivity contribution in [2.45, 2.75) is 32.3 Å². The SMILES string of the molecule is C[C@H](O)c1ccc(-c2ccc(C(=O)NCCC(=O)N3CCCC3)cc2)cc1. The fraction of sp³-hybridized carbons (Fsp3) is 0.364. The zero-order valence-corrected chi connectivity index (χ0v) is 15.6. The molecular formula is C22H26N2O3. The van der Waals surface area contributed by atoms with Gasteiger partial charge in [0.25, 0.3) is 5.91 Å². The van der Waals surface area contributed by atoms with E-state index in [1.165, 1.54) is 0 Å². The topological polar surface area (TPSA) is 69.6 Å². The number of hydrogen-bond acceptors (Lipinski definition) is 3. The summed E-state index contributed by atoms with van der Waals surface area (Å²) in [6.07, 6.45) is 2.01. The monoisotopic (exact) mass is 366 g/mol. The number of amides is 2. The average molecular weight is 366 g/mol. The van der Waals surface area contributed by atoms with Crippen molar-refractivity contribution >= 4 is 11.8 Å². The van der Waals surface area contributed by atoms with E-state index in [0.29, 0.717) is 18.5 Å². The summed E-state index contributed by atoms with van der Waals surface area (Å²) in [7, 11) is 0. The summed E-state index contributed by atoms with van der Waals surface area (Å²) in [5, 5.41) is 12.4. The Morgan fingerprint density at radius 3 is 2.11 bits per heavy atom. The third-order valence-corrected chi connectivity index (χ3v) is 4.96. The van der Waals surface area contributed by atoms with Gasteiger partial charge in [0, 0.05) is 31.6 Å². The second kappa shape index (κ2) is 8.82. The molecule has 1 heterocycles. The van der Waals surface area contributed by atoms with Crippen LogP contribution < -0.4 is 5.32 Å². The van der Waals surface area contributed by atoms with E-state index in [-0.39, 0.29) is 11.8 Å². The van der Waals surface area contributed by atoms with Crippen LogP contribution in [-0.2, 0) is 4.79 Å². The van der Waals surface area contributed by atoms with Crippen molar-refractivity contribution in [2.75, 3.05) is 19.6 Å². The molecule has 142 valence electrons. The standard InChI is InChI=1S/C22H26N2O3/c1-16(25)17-4-6-18(7-5-17)19-8-10-20(11-9-19)22(27)23-13-12-21(26)24-14-2-3-15-24/h4-11,16,25H,2-3,12-15H2,1H3,(H,23,27)/t16-/m0/s1.